The summed E-state index contributed by atoms with van der Waals surface area (Å²) in [4.78, 5) is 8.46. The Morgan fingerprint density at radius 3 is 2.95 bits per heavy atom. The van der Waals surface area contributed by atoms with Crippen LogP contribution in [0, 0.1) is 0 Å². The Morgan fingerprint density at radius 2 is 2.24 bits per heavy atom. The molecular formula is C10H10F3N7O. The van der Waals surface area contributed by atoms with Gasteiger partial charge >= 0.3 is 6.18 Å². The van der Waals surface area contributed by atoms with Crippen LogP contribution in [0.4, 0.5) is 19.0 Å². The summed E-state index contributed by atoms with van der Waals surface area (Å²) in [6.07, 6.45) is -3.96. The van der Waals surface area contributed by atoms with Gasteiger partial charge in [-0.3, -0.25) is 0 Å². The molecule has 112 valence electrons. The Morgan fingerprint density at radius 1 is 1.38 bits per heavy atom. The monoisotopic (exact) mass is 301 g/mol. The fourth-order valence-electron chi connectivity index (χ4n) is 1.98. The molecule has 0 radical (unpaired) electrons. The van der Waals surface area contributed by atoms with Gasteiger partial charge < -0.3 is 9.64 Å². The number of anilines is 1. The zero-order chi connectivity index (χ0) is 14.9. The van der Waals surface area contributed by atoms with Crippen LogP contribution < -0.4 is 4.90 Å². The molecule has 8 nitrogen and oxygen atoms in total. The molecule has 1 atom stereocenters. The van der Waals surface area contributed by atoms with E-state index >= 15 is 0 Å². The van der Waals surface area contributed by atoms with Gasteiger partial charge in [-0.05, 0) is 6.07 Å². The van der Waals surface area contributed by atoms with Crippen LogP contribution in [0.25, 0.3) is 0 Å². The van der Waals surface area contributed by atoms with Gasteiger partial charge in [-0.25, -0.2) is 9.97 Å². The Bertz CT molecular complexity index is 603. The normalized spacial score (nSPS) is 19.8. The number of aromatic amines is 1. The van der Waals surface area contributed by atoms with E-state index in [9.17, 15) is 13.2 Å². The molecule has 0 amide bonds. The second-order valence-electron chi connectivity index (χ2n) is 4.31. The predicted octanol–water partition coefficient (Wildman–Crippen LogP) is 0.586. The van der Waals surface area contributed by atoms with Crippen molar-refractivity contribution < 1.29 is 17.9 Å². The SMILES string of the molecule is FC(F)(F)c1nccc(N2CCOC(c3nn[nH]n3)C2)n1. The van der Waals surface area contributed by atoms with Crippen molar-refractivity contribution in [3.8, 4) is 0 Å². The minimum absolute atomic E-state index is 0.189. The van der Waals surface area contributed by atoms with Gasteiger partial charge in [0, 0.05) is 12.7 Å². The van der Waals surface area contributed by atoms with E-state index in [0.29, 0.717) is 19.0 Å². The zero-order valence-corrected chi connectivity index (χ0v) is 10.6. The minimum atomic E-state index is -4.57. The van der Waals surface area contributed by atoms with Crippen molar-refractivity contribution in [2.75, 3.05) is 24.6 Å². The Kier molecular flexibility index (Phi) is 3.41. The molecule has 1 unspecified atom stereocenters. The third-order valence-corrected chi connectivity index (χ3v) is 2.93. The molecule has 0 aromatic carbocycles. The van der Waals surface area contributed by atoms with Crippen LogP contribution in [-0.2, 0) is 10.9 Å². The summed E-state index contributed by atoms with van der Waals surface area (Å²) in [5.41, 5.74) is 0. The van der Waals surface area contributed by atoms with Crippen molar-refractivity contribution >= 4 is 5.82 Å². The maximum Gasteiger partial charge on any atom is 0.451 e. The third-order valence-electron chi connectivity index (χ3n) is 2.93. The number of hydrogen-bond donors (Lipinski definition) is 1. The van der Waals surface area contributed by atoms with Crippen LogP contribution in [-0.4, -0.2) is 50.3 Å². The molecule has 0 saturated carbocycles. The summed E-state index contributed by atoms with van der Waals surface area (Å²) in [6, 6.07) is 1.42. The largest absolute Gasteiger partial charge is 0.451 e. The molecule has 1 saturated heterocycles. The van der Waals surface area contributed by atoms with Crippen molar-refractivity contribution in [3.63, 3.8) is 0 Å². The molecule has 1 aliphatic heterocycles. The lowest BCUT2D eigenvalue weighted by atomic mass is 10.2. The Balaban J connectivity index is 1.80. The van der Waals surface area contributed by atoms with Gasteiger partial charge in [0.1, 0.15) is 11.9 Å². The fraction of sp³-hybridized carbons (Fsp3) is 0.500. The molecule has 1 aliphatic rings. The highest BCUT2D eigenvalue weighted by molar-refractivity contribution is 5.38. The second kappa shape index (κ2) is 5.24. The van der Waals surface area contributed by atoms with E-state index in [2.05, 4.69) is 30.6 Å². The molecule has 2 aromatic rings. The molecule has 0 bridgehead atoms. The topological polar surface area (TPSA) is 92.7 Å². The molecule has 0 spiro atoms. The predicted molar refractivity (Wildman–Crippen MR) is 62.1 cm³/mol. The lowest BCUT2D eigenvalue weighted by molar-refractivity contribution is -0.144. The van der Waals surface area contributed by atoms with E-state index < -0.39 is 18.1 Å². The molecule has 3 rings (SSSR count). The number of ether oxygens (including phenoxy) is 1. The van der Waals surface area contributed by atoms with Crippen molar-refractivity contribution in [3.05, 3.63) is 23.9 Å². The fourth-order valence-corrected chi connectivity index (χ4v) is 1.98. The minimum Gasteiger partial charge on any atom is -0.366 e. The van der Waals surface area contributed by atoms with Crippen LogP contribution in [0.1, 0.15) is 17.8 Å². The van der Waals surface area contributed by atoms with E-state index in [1.807, 2.05) is 0 Å². The maximum atomic E-state index is 12.6. The van der Waals surface area contributed by atoms with Gasteiger partial charge in [0.25, 0.3) is 0 Å². The van der Waals surface area contributed by atoms with Crippen LogP contribution in [0.3, 0.4) is 0 Å². The summed E-state index contributed by atoms with van der Waals surface area (Å²) in [6.45, 7) is 1.03. The third kappa shape index (κ3) is 2.91. The maximum absolute atomic E-state index is 12.6. The quantitative estimate of drug-likeness (QED) is 0.867. The highest BCUT2D eigenvalue weighted by Gasteiger charge is 2.35. The van der Waals surface area contributed by atoms with Gasteiger partial charge in [0.05, 0.1) is 13.2 Å². The standard InChI is InChI=1S/C10H10F3N7O/c11-10(12,13)9-14-2-1-7(15-9)20-3-4-21-6(5-20)8-16-18-19-17-8/h1-2,6H,3-5H2,(H,16,17,18,19). The van der Waals surface area contributed by atoms with Crippen LogP contribution in [0.5, 0.6) is 0 Å². The van der Waals surface area contributed by atoms with Crippen LogP contribution in [0.15, 0.2) is 12.3 Å². The Hall–Kier alpha value is -2.30. The first-order chi connectivity index (χ1) is 10.0. The van der Waals surface area contributed by atoms with Gasteiger partial charge in [-0.1, -0.05) is 5.21 Å². The smallest absolute Gasteiger partial charge is 0.366 e. The molecule has 1 fully saturated rings. The van der Waals surface area contributed by atoms with E-state index in [4.69, 9.17) is 4.74 Å². The first kappa shape index (κ1) is 13.7. The summed E-state index contributed by atoms with van der Waals surface area (Å²) in [7, 11) is 0. The number of alkyl halides is 3. The lowest BCUT2D eigenvalue weighted by Crippen LogP contribution is -2.39. The van der Waals surface area contributed by atoms with E-state index in [1.165, 1.54) is 6.07 Å². The van der Waals surface area contributed by atoms with Crippen molar-refractivity contribution in [1.82, 2.24) is 30.6 Å². The number of nitrogens with zero attached hydrogens (tertiary/aromatic N) is 6. The number of rotatable bonds is 2. The number of hydrogen-bond acceptors (Lipinski definition) is 7. The van der Waals surface area contributed by atoms with E-state index in [1.54, 1.807) is 4.90 Å². The Labute approximate surface area is 116 Å². The van der Waals surface area contributed by atoms with Crippen LogP contribution >= 0.6 is 0 Å². The molecular weight excluding hydrogens is 291 g/mol. The summed E-state index contributed by atoms with van der Waals surface area (Å²) in [5.74, 6) is -0.624. The number of nitrogens with one attached hydrogen (secondary N) is 1. The summed E-state index contributed by atoms with van der Waals surface area (Å²) < 4.78 is 43.4. The van der Waals surface area contributed by atoms with Gasteiger partial charge in [-0.15, -0.1) is 10.2 Å². The van der Waals surface area contributed by atoms with Crippen molar-refractivity contribution in [1.29, 1.82) is 0 Å². The number of morpholine rings is 1. The highest BCUT2D eigenvalue weighted by atomic mass is 19.4. The average Bonchev–Trinajstić information content (AvgIpc) is 3.01. The highest BCUT2D eigenvalue weighted by Crippen LogP contribution is 2.28. The number of aromatic nitrogens is 6. The van der Waals surface area contributed by atoms with Crippen molar-refractivity contribution in [2.24, 2.45) is 0 Å². The van der Waals surface area contributed by atoms with Gasteiger partial charge in [0.15, 0.2) is 0 Å². The molecule has 3 heterocycles. The molecule has 2 aromatic heterocycles. The number of halogens is 3. The van der Waals surface area contributed by atoms with Gasteiger partial charge in [0.2, 0.25) is 11.6 Å². The van der Waals surface area contributed by atoms with Crippen molar-refractivity contribution in [2.45, 2.75) is 12.3 Å². The molecule has 11 heteroatoms. The molecule has 1 N–H and O–H groups in total. The number of H-pyrrole nitrogens is 1. The summed E-state index contributed by atoms with van der Waals surface area (Å²) >= 11 is 0. The lowest BCUT2D eigenvalue weighted by Gasteiger charge is -2.32. The first-order valence-corrected chi connectivity index (χ1v) is 6.04. The molecule has 21 heavy (non-hydrogen) atoms. The van der Waals surface area contributed by atoms with Gasteiger partial charge in [-0.2, -0.15) is 18.4 Å². The zero-order valence-electron chi connectivity index (χ0n) is 10.6. The summed E-state index contributed by atoms with van der Waals surface area (Å²) in [5, 5.41) is 13.4. The first-order valence-electron chi connectivity index (χ1n) is 6.04. The van der Waals surface area contributed by atoms with E-state index in [-0.39, 0.29) is 12.4 Å². The second-order valence-corrected chi connectivity index (χ2v) is 4.31. The van der Waals surface area contributed by atoms with E-state index in [0.717, 1.165) is 6.20 Å². The molecule has 0 aliphatic carbocycles. The average molecular weight is 301 g/mol. The van der Waals surface area contributed by atoms with Crippen LogP contribution in [0.2, 0.25) is 0 Å². The number of tetrazole rings is 1.